The minimum absolute atomic E-state index is 0.353. The first-order valence-electron chi connectivity index (χ1n) is 17.9. The fraction of sp³-hybridized carbons (Fsp3) is 0.561. The van der Waals surface area contributed by atoms with Crippen molar-refractivity contribution in [2.24, 2.45) is 29.1 Å². The Hall–Kier alpha value is -2.94. The van der Waals surface area contributed by atoms with E-state index in [-0.39, 0.29) is 0 Å². The van der Waals surface area contributed by atoms with Crippen LogP contribution in [0, 0.1) is 29.1 Å². The highest BCUT2D eigenvalue weighted by Crippen LogP contribution is 2.58. The van der Waals surface area contributed by atoms with E-state index in [9.17, 15) is 0 Å². The summed E-state index contributed by atoms with van der Waals surface area (Å²) in [7, 11) is 0. The Balaban J connectivity index is 1.44. The Morgan fingerprint density at radius 1 is 0.477 bits per heavy atom. The van der Waals surface area contributed by atoms with Crippen LogP contribution in [0.3, 0.4) is 0 Å². The molecule has 3 fully saturated rings. The number of benzene rings is 3. The summed E-state index contributed by atoms with van der Waals surface area (Å²) in [6, 6.07) is 23.4. The molecule has 3 aliphatic heterocycles. The largest absolute Gasteiger partial charge is 0.371 e. The standard InChI is InChI=1S/C41H57N3/c1-8-31-17-13-14-22-38(31)42-25-36-27-43(39-32(9-2)18-15-19-33(39)10-3)23-29(6)41(36)30(7)24-44(28-37(41)26-42)40-34(11-4)20-16-21-35(40)12-5/h13-22,29-30,36-37H,8-12,23-28H2,1-7H3/t29-,30+,36?,37?,41?. The van der Waals surface area contributed by atoms with E-state index in [0.717, 1.165) is 32.1 Å². The maximum Gasteiger partial charge on any atom is 0.0431 e. The molecule has 1 spiro atoms. The lowest BCUT2D eigenvalue weighted by Gasteiger charge is -2.66. The predicted molar refractivity (Wildman–Crippen MR) is 191 cm³/mol. The molecule has 3 aromatic rings. The Morgan fingerprint density at radius 3 is 1.25 bits per heavy atom. The van der Waals surface area contributed by atoms with Gasteiger partial charge in [-0.15, -0.1) is 0 Å². The lowest BCUT2D eigenvalue weighted by Crippen LogP contribution is -2.71. The zero-order chi connectivity index (χ0) is 31.0. The average molecular weight is 592 g/mol. The molecule has 3 nitrogen and oxygen atoms in total. The Morgan fingerprint density at radius 2 is 0.841 bits per heavy atom. The molecule has 3 aromatic carbocycles. The summed E-state index contributed by atoms with van der Waals surface area (Å²) in [4.78, 5) is 8.49. The van der Waals surface area contributed by atoms with Gasteiger partial charge in [0.1, 0.15) is 0 Å². The fourth-order valence-electron chi connectivity index (χ4n) is 10.4. The van der Waals surface area contributed by atoms with E-state index in [1.54, 1.807) is 11.4 Å². The van der Waals surface area contributed by atoms with Crippen LogP contribution in [-0.4, -0.2) is 39.3 Å². The average Bonchev–Trinajstić information content (AvgIpc) is 3.06. The van der Waals surface area contributed by atoms with E-state index < -0.39 is 0 Å². The zero-order valence-electron chi connectivity index (χ0n) is 28.7. The number of piperidine rings is 3. The Labute approximate surface area is 268 Å². The molecule has 0 aliphatic carbocycles. The van der Waals surface area contributed by atoms with Gasteiger partial charge < -0.3 is 14.7 Å². The molecule has 236 valence electrons. The number of hydrogen-bond donors (Lipinski definition) is 0. The molecule has 6 rings (SSSR count). The number of anilines is 3. The van der Waals surface area contributed by atoms with Crippen molar-refractivity contribution in [3.63, 3.8) is 0 Å². The first-order valence-corrected chi connectivity index (χ1v) is 17.9. The highest BCUT2D eigenvalue weighted by Gasteiger charge is 2.60. The molecule has 44 heavy (non-hydrogen) atoms. The third-order valence-electron chi connectivity index (χ3n) is 12.1. The third kappa shape index (κ3) is 5.03. The second-order valence-corrected chi connectivity index (χ2v) is 14.2. The van der Waals surface area contributed by atoms with Gasteiger partial charge in [-0.2, -0.15) is 0 Å². The van der Waals surface area contributed by atoms with Gasteiger partial charge in [0.15, 0.2) is 0 Å². The van der Waals surface area contributed by atoms with Crippen LogP contribution in [0.4, 0.5) is 17.1 Å². The van der Waals surface area contributed by atoms with Crippen molar-refractivity contribution in [1.82, 2.24) is 0 Å². The normalized spacial score (nSPS) is 26.8. The Bertz CT molecular complexity index is 1310. The second kappa shape index (κ2) is 12.8. The first-order chi connectivity index (χ1) is 21.4. The lowest BCUT2D eigenvalue weighted by molar-refractivity contribution is -0.0773. The fourth-order valence-corrected chi connectivity index (χ4v) is 10.4. The van der Waals surface area contributed by atoms with E-state index in [2.05, 4.69) is 124 Å². The quantitative estimate of drug-likeness (QED) is 0.259. The van der Waals surface area contributed by atoms with Crippen LogP contribution in [0.1, 0.15) is 76.3 Å². The molecule has 5 atom stereocenters. The lowest BCUT2D eigenvalue weighted by atomic mass is 9.49. The van der Waals surface area contributed by atoms with Crippen LogP contribution >= 0.6 is 0 Å². The maximum absolute atomic E-state index is 2.84. The van der Waals surface area contributed by atoms with Gasteiger partial charge in [0, 0.05) is 68.2 Å². The van der Waals surface area contributed by atoms with Gasteiger partial charge in [-0.05, 0) is 83.2 Å². The molecule has 0 radical (unpaired) electrons. The van der Waals surface area contributed by atoms with Crippen LogP contribution in [0.15, 0.2) is 60.7 Å². The van der Waals surface area contributed by atoms with Crippen LogP contribution in [0.2, 0.25) is 0 Å². The summed E-state index contributed by atoms with van der Waals surface area (Å²) in [5.41, 5.74) is 12.5. The van der Waals surface area contributed by atoms with Crippen molar-refractivity contribution in [2.75, 3.05) is 54.0 Å². The van der Waals surface area contributed by atoms with Gasteiger partial charge in [-0.3, -0.25) is 0 Å². The molecule has 0 bridgehead atoms. The topological polar surface area (TPSA) is 9.72 Å². The first kappa shape index (κ1) is 31.1. The SMILES string of the molecule is CCc1ccccc1N1CC2CN(c3c(CC)cccc3CC)C[C@@H](C)C23C(C1)CN(c1c(CC)cccc1CC)C[C@@H]3C. The number of rotatable bonds is 8. The molecule has 0 aromatic heterocycles. The van der Waals surface area contributed by atoms with E-state index >= 15 is 0 Å². The second-order valence-electron chi connectivity index (χ2n) is 14.2. The van der Waals surface area contributed by atoms with Gasteiger partial charge in [-0.1, -0.05) is 103 Å². The minimum atomic E-state index is 0.353. The molecule has 3 unspecified atom stereocenters. The summed E-state index contributed by atoms with van der Waals surface area (Å²) in [6.07, 6.45) is 5.50. The molecular weight excluding hydrogens is 534 g/mol. The van der Waals surface area contributed by atoms with Gasteiger partial charge in [0.2, 0.25) is 0 Å². The monoisotopic (exact) mass is 591 g/mol. The van der Waals surface area contributed by atoms with Crippen LogP contribution in [0.5, 0.6) is 0 Å². The van der Waals surface area contributed by atoms with E-state index in [4.69, 9.17) is 0 Å². The maximum atomic E-state index is 2.84. The highest BCUT2D eigenvalue weighted by atomic mass is 15.2. The summed E-state index contributed by atoms with van der Waals surface area (Å²) >= 11 is 0. The van der Waals surface area contributed by atoms with Crippen molar-refractivity contribution in [3.8, 4) is 0 Å². The van der Waals surface area contributed by atoms with Crippen LogP contribution in [0.25, 0.3) is 0 Å². The minimum Gasteiger partial charge on any atom is -0.371 e. The highest BCUT2D eigenvalue weighted by molar-refractivity contribution is 5.63. The molecule has 3 heterocycles. The van der Waals surface area contributed by atoms with Crippen molar-refractivity contribution in [1.29, 1.82) is 0 Å². The van der Waals surface area contributed by atoms with Crippen LogP contribution in [-0.2, 0) is 32.1 Å². The molecule has 3 saturated heterocycles. The molecular formula is C41H57N3. The van der Waals surface area contributed by atoms with Gasteiger partial charge >= 0.3 is 0 Å². The summed E-state index contributed by atoms with van der Waals surface area (Å²) in [6.45, 7) is 24.0. The van der Waals surface area contributed by atoms with Gasteiger partial charge in [0.25, 0.3) is 0 Å². The number of hydrogen-bond acceptors (Lipinski definition) is 3. The van der Waals surface area contributed by atoms with E-state index in [0.29, 0.717) is 29.1 Å². The number of para-hydroxylation sites is 3. The van der Waals surface area contributed by atoms with Crippen molar-refractivity contribution in [3.05, 3.63) is 88.5 Å². The zero-order valence-corrected chi connectivity index (χ0v) is 28.7. The van der Waals surface area contributed by atoms with Gasteiger partial charge in [0.05, 0.1) is 0 Å². The van der Waals surface area contributed by atoms with Crippen molar-refractivity contribution >= 4 is 17.1 Å². The van der Waals surface area contributed by atoms with E-state index in [1.165, 1.54) is 72.8 Å². The molecule has 3 heteroatoms. The molecule has 3 aliphatic rings. The number of nitrogens with zero attached hydrogens (tertiary/aromatic N) is 3. The summed E-state index contributed by atoms with van der Waals surface area (Å²) in [5.74, 6) is 2.56. The van der Waals surface area contributed by atoms with Crippen molar-refractivity contribution < 1.29 is 0 Å². The third-order valence-corrected chi connectivity index (χ3v) is 12.1. The summed E-state index contributed by atoms with van der Waals surface area (Å²) in [5, 5.41) is 0. The molecule has 0 amide bonds. The smallest absolute Gasteiger partial charge is 0.0431 e. The molecule has 0 N–H and O–H groups in total. The van der Waals surface area contributed by atoms with Gasteiger partial charge in [-0.25, -0.2) is 0 Å². The summed E-state index contributed by atoms with van der Waals surface area (Å²) < 4.78 is 0. The van der Waals surface area contributed by atoms with E-state index in [1.807, 2.05) is 0 Å². The Kier molecular flexibility index (Phi) is 9.05. The number of aryl methyl sites for hydroxylation is 5. The predicted octanol–water partition coefficient (Wildman–Crippen LogP) is 8.85. The molecule has 0 saturated carbocycles. The van der Waals surface area contributed by atoms with Crippen molar-refractivity contribution in [2.45, 2.75) is 80.6 Å². The van der Waals surface area contributed by atoms with Crippen LogP contribution < -0.4 is 14.7 Å².